The molecule has 1 aliphatic rings. The number of anilines is 1. The Hall–Kier alpha value is -3.03. The smallest absolute Gasteiger partial charge is 0.231 e. The molecule has 1 saturated carbocycles. The molecule has 1 fully saturated rings. The van der Waals surface area contributed by atoms with Crippen molar-refractivity contribution in [1.82, 2.24) is 20.2 Å². The lowest BCUT2D eigenvalue weighted by Crippen LogP contribution is -2.15. The number of ether oxygens (including phenoxy) is 1. The lowest BCUT2D eigenvalue weighted by molar-refractivity contribution is -0.117. The van der Waals surface area contributed by atoms with Gasteiger partial charge in [0, 0.05) is 11.6 Å². The van der Waals surface area contributed by atoms with E-state index >= 15 is 0 Å². The van der Waals surface area contributed by atoms with Crippen molar-refractivity contribution in [2.24, 2.45) is 5.92 Å². The van der Waals surface area contributed by atoms with Gasteiger partial charge in [0.25, 0.3) is 0 Å². The molecule has 8 heteroatoms. The van der Waals surface area contributed by atoms with E-state index in [0.717, 1.165) is 10.9 Å². The molecular formula is C17H16FN5O2. The van der Waals surface area contributed by atoms with Crippen molar-refractivity contribution in [3.05, 3.63) is 30.5 Å². The number of amides is 1. The maximum absolute atomic E-state index is 13.0. The Morgan fingerprint density at radius 1 is 1.44 bits per heavy atom. The fourth-order valence-electron chi connectivity index (χ4n) is 2.66. The third-order valence-corrected chi connectivity index (χ3v) is 4.03. The average Bonchev–Trinajstić information content (AvgIpc) is 3.21. The molecule has 25 heavy (non-hydrogen) atoms. The predicted molar refractivity (Wildman–Crippen MR) is 89.9 cm³/mol. The van der Waals surface area contributed by atoms with Crippen LogP contribution in [-0.2, 0) is 4.79 Å². The molecule has 0 spiro atoms. The molecule has 1 amide bonds. The van der Waals surface area contributed by atoms with Crippen molar-refractivity contribution < 1.29 is 13.9 Å². The van der Waals surface area contributed by atoms with Crippen molar-refractivity contribution >= 4 is 22.8 Å². The highest BCUT2D eigenvalue weighted by Gasteiger charge is 2.43. The molecule has 7 nitrogen and oxygen atoms in total. The summed E-state index contributed by atoms with van der Waals surface area (Å²) in [6, 6.07) is 7.16. The predicted octanol–water partition coefficient (Wildman–Crippen LogP) is 2.72. The van der Waals surface area contributed by atoms with Gasteiger partial charge in [0.05, 0.1) is 18.1 Å². The zero-order valence-corrected chi connectivity index (χ0v) is 13.5. The zero-order chi connectivity index (χ0) is 17.4. The first-order chi connectivity index (χ1) is 12.2. The third kappa shape index (κ3) is 2.90. The summed E-state index contributed by atoms with van der Waals surface area (Å²) in [5.74, 6) is -0.0366. The van der Waals surface area contributed by atoms with Crippen molar-refractivity contribution in [3.8, 4) is 17.1 Å². The topological polar surface area (TPSA) is 92.8 Å². The summed E-state index contributed by atoms with van der Waals surface area (Å²) in [6.07, 6.45) is 0.902. The number of H-pyrrole nitrogens is 1. The standard InChI is InChI=1S/C17H16FN5O2/c1-2-25-17-10(4-3-7-19-17)14-9-5-6-13(20-15(9)23-22-14)21-16(24)11-8-12(11)18/h3-7,11-12H,2,8H2,1H3,(H2,20,21,22,23,24)/t11-,12+/m1/s1. The Morgan fingerprint density at radius 3 is 3.04 bits per heavy atom. The highest BCUT2D eigenvalue weighted by Crippen LogP contribution is 2.35. The van der Waals surface area contributed by atoms with Crippen LogP contribution in [0.15, 0.2) is 30.5 Å². The van der Waals surface area contributed by atoms with Crippen LogP contribution in [0.2, 0.25) is 0 Å². The van der Waals surface area contributed by atoms with E-state index in [-0.39, 0.29) is 12.3 Å². The summed E-state index contributed by atoms with van der Waals surface area (Å²) in [6.45, 7) is 2.39. The van der Waals surface area contributed by atoms with Crippen molar-refractivity contribution in [2.75, 3.05) is 11.9 Å². The van der Waals surface area contributed by atoms with Gasteiger partial charge in [0.15, 0.2) is 5.65 Å². The Bertz CT molecular complexity index is 942. The van der Waals surface area contributed by atoms with Gasteiger partial charge < -0.3 is 10.1 Å². The molecule has 0 unspecified atom stereocenters. The highest BCUT2D eigenvalue weighted by atomic mass is 19.1. The first-order valence-electron chi connectivity index (χ1n) is 8.05. The summed E-state index contributed by atoms with van der Waals surface area (Å²) in [4.78, 5) is 20.4. The number of aromatic amines is 1. The molecule has 0 saturated heterocycles. The van der Waals surface area contributed by atoms with Gasteiger partial charge in [-0.05, 0) is 37.6 Å². The summed E-state index contributed by atoms with van der Waals surface area (Å²) < 4.78 is 18.5. The minimum atomic E-state index is -1.04. The van der Waals surface area contributed by atoms with Gasteiger partial charge in [0.2, 0.25) is 11.8 Å². The van der Waals surface area contributed by atoms with Crippen LogP contribution in [0.1, 0.15) is 13.3 Å². The second-order valence-corrected chi connectivity index (χ2v) is 5.80. The SMILES string of the molecule is CCOc1ncccc1-c1n[nH]c2nc(NC(=O)[C@@H]3C[C@@H]3F)ccc12. The van der Waals surface area contributed by atoms with Gasteiger partial charge in [-0.25, -0.2) is 14.4 Å². The number of alkyl halides is 1. The number of carbonyl (C=O) groups is 1. The highest BCUT2D eigenvalue weighted by molar-refractivity contribution is 5.97. The van der Waals surface area contributed by atoms with Crippen LogP contribution in [-0.4, -0.2) is 38.9 Å². The second-order valence-electron chi connectivity index (χ2n) is 5.80. The number of carbonyl (C=O) groups excluding carboxylic acids is 1. The molecule has 128 valence electrons. The van der Waals surface area contributed by atoms with E-state index in [4.69, 9.17) is 4.74 Å². The van der Waals surface area contributed by atoms with Gasteiger partial charge >= 0.3 is 0 Å². The van der Waals surface area contributed by atoms with Crippen LogP contribution >= 0.6 is 0 Å². The number of nitrogens with zero attached hydrogens (tertiary/aromatic N) is 3. The van der Waals surface area contributed by atoms with Crippen molar-refractivity contribution in [2.45, 2.75) is 19.5 Å². The van der Waals surface area contributed by atoms with Gasteiger partial charge in [-0.2, -0.15) is 5.10 Å². The maximum Gasteiger partial charge on any atom is 0.231 e. The van der Waals surface area contributed by atoms with Crippen LogP contribution in [0, 0.1) is 5.92 Å². The molecule has 2 N–H and O–H groups in total. The Morgan fingerprint density at radius 2 is 2.28 bits per heavy atom. The molecule has 3 aromatic heterocycles. The molecule has 0 bridgehead atoms. The number of nitrogens with one attached hydrogen (secondary N) is 2. The number of hydrogen-bond acceptors (Lipinski definition) is 5. The molecule has 1 aliphatic carbocycles. The van der Waals surface area contributed by atoms with E-state index in [9.17, 15) is 9.18 Å². The van der Waals surface area contributed by atoms with Crippen molar-refractivity contribution in [1.29, 1.82) is 0 Å². The molecular weight excluding hydrogens is 325 g/mol. The number of pyridine rings is 2. The third-order valence-electron chi connectivity index (χ3n) is 4.03. The van der Waals surface area contributed by atoms with E-state index < -0.39 is 12.1 Å². The van der Waals surface area contributed by atoms with Crippen molar-refractivity contribution in [3.63, 3.8) is 0 Å². The number of aromatic nitrogens is 4. The average molecular weight is 341 g/mol. The molecule has 3 aromatic rings. The summed E-state index contributed by atoms with van der Waals surface area (Å²) in [5, 5.41) is 10.6. The maximum atomic E-state index is 13.0. The number of fused-ring (bicyclic) bond motifs is 1. The van der Waals surface area contributed by atoms with Crippen LogP contribution < -0.4 is 10.1 Å². The molecule has 0 aliphatic heterocycles. The molecule has 3 heterocycles. The van der Waals surface area contributed by atoms with E-state index in [0.29, 0.717) is 29.6 Å². The molecule has 2 atom stereocenters. The number of hydrogen-bond donors (Lipinski definition) is 2. The lowest BCUT2D eigenvalue weighted by Gasteiger charge is -2.07. The molecule has 0 aromatic carbocycles. The van der Waals surface area contributed by atoms with E-state index in [1.54, 1.807) is 18.3 Å². The summed E-state index contributed by atoms with van der Waals surface area (Å²) in [7, 11) is 0. The minimum absolute atomic E-state index is 0.281. The Balaban J connectivity index is 1.65. The first kappa shape index (κ1) is 15.5. The Kier molecular flexibility index (Phi) is 3.79. The van der Waals surface area contributed by atoms with Gasteiger partial charge in [0.1, 0.15) is 17.7 Å². The van der Waals surface area contributed by atoms with Gasteiger partial charge in [-0.3, -0.25) is 9.89 Å². The van der Waals surface area contributed by atoms with Crippen LogP contribution in [0.4, 0.5) is 10.2 Å². The first-order valence-corrected chi connectivity index (χ1v) is 8.05. The number of halogens is 1. The summed E-state index contributed by atoms with van der Waals surface area (Å²) in [5.41, 5.74) is 1.95. The minimum Gasteiger partial charge on any atom is -0.477 e. The van der Waals surface area contributed by atoms with Crippen LogP contribution in [0.3, 0.4) is 0 Å². The lowest BCUT2D eigenvalue weighted by atomic mass is 10.1. The largest absolute Gasteiger partial charge is 0.477 e. The monoisotopic (exact) mass is 341 g/mol. The molecule has 0 radical (unpaired) electrons. The van der Waals surface area contributed by atoms with E-state index in [1.807, 2.05) is 19.1 Å². The number of rotatable bonds is 5. The van der Waals surface area contributed by atoms with Gasteiger partial charge in [-0.1, -0.05) is 0 Å². The normalized spacial score (nSPS) is 19.0. The van der Waals surface area contributed by atoms with E-state index in [2.05, 4.69) is 25.5 Å². The molecule has 4 rings (SSSR count). The Labute approximate surface area is 142 Å². The quantitative estimate of drug-likeness (QED) is 0.744. The van der Waals surface area contributed by atoms with Crippen LogP contribution in [0.25, 0.3) is 22.3 Å². The van der Waals surface area contributed by atoms with Gasteiger partial charge in [-0.15, -0.1) is 0 Å². The van der Waals surface area contributed by atoms with Crippen LogP contribution in [0.5, 0.6) is 5.88 Å². The van der Waals surface area contributed by atoms with E-state index in [1.165, 1.54) is 0 Å². The second kappa shape index (κ2) is 6.12. The fourth-order valence-corrected chi connectivity index (χ4v) is 2.66. The fraction of sp³-hybridized carbons (Fsp3) is 0.294. The summed E-state index contributed by atoms with van der Waals surface area (Å²) >= 11 is 0. The zero-order valence-electron chi connectivity index (χ0n) is 13.5.